The zero-order valence-corrected chi connectivity index (χ0v) is 10.5. The van der Waals surface area contributed by atoms with Crippen LogP contribution in [0.1, 0.15) is 40.0 Å². The van der Waals surface area contributed by atoms with Gasteiger partial charge >= 0.3 is 0 Å². The second-order valence-corrected chi connectivity index (χ2v) is 5.92. The van der Waals surface area contributed by atoms with Crippen molar-refractivity contribution in [2.75, 3.05) is 0 Å². The number of hydrogen-bond donors (Lipinski definition) is 1. The maximum Gasteiger partial charge on any atom is 0.141 e. The van der Waals surface area contributed by atoms with E-state index in [1.165, 1.54) is 25.3 Å². The van der Waals surface area contributed by atoms with Crippen molar-refractivity contribution in [1.29, 1.82) is 0 Å². The highest BCUT2D eigenvalue weighted by Gasteiger charge is 2.52. The fourth-order valence-corrected chi connectivity index (χ4v) is 3.04. The average Bonchev–Trinajstić information content (AvgIpc) is 3.00. The number of halogens is 1. The van der Waals surface area contributed by atoms with Crippen molar-refractivity contribution in [2.24, 2.45) is 17.3 Å². The van der Waals surface area contributed by atoms with Gasteiger partial charge in [0.1, 0.15) is 5.83 Å². The molecule has 2 aliphatic rings. The van der Waals surface area contributed by atoms with E-state index in [0.717, 1.165) is 11.8 Å². The molecule has 0 amide bonds. The second-order valence-electron chi connectivity index (χ2n) is 5.92. The minimum absolute atomic E-state index is 0.224. The first kappa shape index (κ1) is 11.7. The lowest BCUT2D eigenvalue weighted by atomic mass is 9.73. The molecule has 0 aliphatic heterocycles. The van der Waals surface area contributed by atoms with Crippen molar-refractivity contribution in [3.8, 4) is 0 Å². The first-order valence-electron chi connectivity index (χ1n) is 6.23. The van der Waals surface area contributed by atoms with E-state index < -0.39 is 0 Å². The van der Waals surface area contributed by atoms with Crippen molar-refractivity contribution in [2.45, 2.75) is 46.1 Å². The lowest BCUT2D eigenvalue weighted by Gasteiger charge is -2.39. The Morgan fingerprint density at radius 2 is 2.19 bits per heavy atom. The molecular weight excluding hydrogens is 201 g/mol. The Morgan fingerprint density at radius 1 is 1.50 bits per heavy atom. The maximum absolute atomic E-state index is 13.4. The van der Waals surface area contributed by atoms with Crippen molar-refractivity contribution < 1.29 is 4.39 Å². The van der Waals surface area contributed by atoms with Crippen LogP contribution in [0.2, 0.25) is 0 Å². The topological polar surface area (TPSA) is 12.0 Å². The lowest BCUT2D eigenvalue weighted by Crippen LogP contribution is -2.45. The molecule has 2 fully saturated rings. The Hall–Kier alpha value is -0.790. The molecule has 1 N–H and O–H groups in total. The summed E-state index contributed by atoms with van der Waals surface area (Å²) < 4.78 is 13.4. The molecule has 0 aromatic heterocycles. The third-order valence-corrected chi connectivity index (χ3v) is 4.28. The number of nitrogens with one attached hydrogen (secondary N) is 1. The average molecular weight is 223 g/mol. The van der Waals surface area contributed by atoms with Crippen molar-refractivity contribution in [1.82, 2.24) is 5.32 Å². The van der Waals surface area contributed by atoms with Crippen LogP contribution in [0.3, 0.4) is 0 Å². The Labute approximate surface area is 97.8 Å². The monoisotopic (exact) mass is 223 g/mol. The molecule has 90 valence electrons. The molecule has 2 rings (SSSR count). The van der Waals surface area contributed by atoms with E-state index in [1.54, 1.807) is 6.92 Å². The number of hydrogen-bond acceptors (Lipinski definition) is 1. The van der Waals surface area contributed by atoms with E-state index in [2.05, 4.69) is 25.7 Å². The Bertz CT molecular complexity index is 330. The van der Waals surface area contributed by atoms with Gasteiger partial charge < -0.3 is 5.32 Å². The van der Waals surface area contributed by atoms with Gasteiger partial charge in [-0.15, -0.1) is 0 Å². The van der Waals surface area contributed by atoms with Gasteiger partial charge in [0.25, 0.3) is 0 Å². The van der Waals surface area contributed by atoms with Gasteiger partial charge in [-0.2, -0.15) is 0 Å². The number of rotatable bonds is 3. The smallest absolute Gasteiger partial charge is 0.141 e. The SMILES string of the molecule is C=C(NC1C2CC2CCC1(C)C)/C(F)=C\C. The number of allylic oxidation sites excluding steroid dienone is 2. The van der Waals surface area contributed by atoms with Crippen molar-refractivity contribution in [3.05, 3.63) is 24.2 Å². The largest absolute Gasteiger partial charge is 0.380 e. The van der Waals surface area contributed by atoms with Gasteiger partial charge in [0.15, 0.2) is 0 Å². The molecule has 0 bridgehead atoms. The molecule has 0 aromatic carbocycles. The van der Waals surface area contributed by atoms with E-state index in [1.807, 2.05) is 0 Å². The Balaban J connectivity index is 2.05. The highest BCUT2D eigenvalue weighted by Crippen LogP contribution is 2.55. The first-order valence-corrected chi connectivity index (χ1v) is 6.23. The van der Waals surface area contributed by atoms with E-state index in [9.17, 15) is 4.39 Å². The summed E-state index contributed by atoms with van der Waals surface area (Å²) in [4.78, 5) is 0. The van der Waals surface area contributed by atoms with Gasteiger partial charge in [-0.05, 0) is 49.5 Å². The normalized spacial score (nSPS) is 36.5. The molecular formula is C14H22FN. The molecule has 16 heavy (non-hydrogen) atoms. The minimum Gasteiger partial charge on any atom is -0.380 e. The molecule has 0 heterocycles. The van der Waals surface area contributed by atoms with Gasteiger partial charge in [-0.25, -0.2) is 4.39 Å². The predicted molar refractivity (Wildman–Crippen MR) is 65.5 cm³/mol. The summed E-state index contributed by atoms with van der Waals surface area (Å²) in [5.74, 6) is 1.40. The van der Waals surface area contributed by atoms with Gasteiger partial charge in [-0.1, -0.05) is 20.4 Å². The van der Waals surface area contributed by atoms with Crippen LogP contribution in [0.4, 0.5) is 4.39 Å². The van der Waals surface area contributed by atoms with E-state index in [4.69, 9.17) is 0 Å². The summed E-state index contributed by atoms with van der Waals surface area (Å²) in [6.07, 6.45) is 5.35. The maximum atomic E-state index is 13.4. The summed E-state index contributed by atoms with van der Waals surface area (Å²) in [5.41, 5.74) is 0.711. The first-order chi connectivity index (χ1) is 7.45. The molecule has 3 atom stereocenters. The van der Waals surface area contributed by atoms with Crippen molar-refractivity contribution in [3.63, 3.8) is 0 Å². The predicted octanol–water partition coefficient (Wildman–Crippen LogP) is 3.79. The van der Waals surface area contributed by atoms with E-state index in [0.29, 0.717) is 11.7 Å². The molecule has 2 aliphatic carbocycles. The molecule has 3 unspecified atom stereocenters. The molecule has 0 aromatic rings. The van der Waals surface area contributed by atoms with Crippen LogP contribution in [0.25, 0.3) is 0 Å². The molecule has 0 spiro atoms. The third kappa shape index (κ3) is 2.02. The van der Waals surface area contributed by atoms with Crippen LogP contribution < -0.4 is 5.32 Å². The van der Waals surface area contributed by atoms with Crippen molar-refractivity contribution >= 4 is 0 Å². The lowest BCUT2D eigenvalue weighted by molar-refractivity contribution is 0.166. The van der Waals surface area contributed by atoms with E-state index in [-0.39, 0.29) is 11.2 Å². The molecule has 2 saturated carbocycles. The summed E-state index contributed by atoms with van der Waals surface area (Å²) in [6, 6.07) is 0.393. The van der Waals surface area contributed by atoms with Crippen LogP contribution in [0.15, 0.2) is 24.2 Å². The van der Waals surface area contributed by atoms with Crippen LogP contribution in [0, 0.1) is 17.3 Å². The molecule has 0 radical (unpaired) electrons. The standard InChI is InChI=1S/C14H22FN/c1-5-12(15)9(2)16-13-11-8-10(11)6-7-14(13,3)4/h5,10-11,13,16H,2,6-8H2,1,3-4H3/b12-5+. The highest BCUT2D eigenvalue weighted by atomic mass is 19.1. The van der Waals surface area contributed by atoms with E-state index >= 15 is 0 Å². The third-order valence-electron chi connectivity index (χ3n) is 4.28. The van der Waals surface area contributed by atoms with Crippen LogP contribution >= 0.6 is 0 Å². The van der Waals surface area contributed by atoms with Gasteiger partial charge in [-0.3, -0.25) is 0 Å². The second kappa shape index (κ2) is 3.90. The van der Waals surface area contributed by atoms with Crippen LogP contribution in [0.5, 0.6) is 0 Å². The fourth-order valence-electron chi connectivity index (χ4n) is 3.04. The quantitative estimate of drug-likeness (QED) is 0.718. The highest BCUT2D eigenvalue weighted by molar-refractivity contribution is 5.22. The fraction of sp³-hybridized carbons (Fsp3) is 0.714. The van der Waals surface area contributed by atoms with Crippen LogP contribution in [-0.2, 0) is 0 Å². The van der Waals surface area contributed by atoms with Gasteiger partial charge in [0, 0.05) is 6.04 Å². The Morgan fingerprint density at radius 3 is 2.81 bits per heavy atom. The summed E-state index contributed by atoms with van der Waals surface area (Å²) in [7, 11) is 0. The minimum atomic E-state index is -0.224. The summed E-state index contributed by atoms with van der Waals surface area (Å²) in [5, 5.41) is 3.31. The number of fused-ring (bicyclic) bond motifs is 1. The summed E-state index contributed by atoms with van der Waals surface area (Å²) in [6.45, 7) is 10.0. The zero-order chi connectivity index (χ0) is 11.9. The Kier molecular flexibility index (Phi) is 2.85. The molecule has 1 nitrogen and oxygen atoms in total. The molecule has 2 heteroatoms. The zero-order valence-electron chi connectivity index (χ0n) is 10.5. The summed E-state index contributed by atoms with van der Waals surface area (Å²) >= 11 is 0. The van der Waals surface area contributed by atoms with Crippen LogP contribution in [-0.4, -0.2) is 6.04 Å². The van der Waals surface area contributed by atoms with Gasteiger partial charge in [0.2, 0.25) is 0 Å². The molecule has 0 saturated heterocycles. The van der Waals surface area contributed by atoms with Gasteiger partial charge in [0.05, 0.1) is 5.70 Å².